The number of nitrogens with one attached hydrogen (secondary N) is 1. The fraction of sp³-hybridized carbons (Fsp3) is 0.800. The zero-order valence-corrected chi connectivity index (χ0v) is 16.6. The molecule has 1 amide bonds. The first-order valence-corrected chi connectivity index (χ1v) is 7.77. The smallest absolute Gasteiger partial charge is 0.325 e. The molecule has 7 nitrogen and oxygen atoms in total. The number of esters is 1. The van der Waals surface area contributed by atoms with Gasteiger partial charge in [-0.05, 0) is 33.6 Å². The van der Waals surface area contributed by atoms with Gasteiger partial charge in [-0.1, -0.05) is 0 Å². The average Bonchev–Trinajstić information content (AvgIpc) is 3.22. The first kappa shape index (κ1) is 20.0. The Bertz CT molecular complexity index is 472. The molecular formula is C15H27IN4O3. The van der Waals surface area contributed by atoms with Crippen molar-refractivity contribution in [1.29, 1.82) is 0 Å². The molecule has 1 saturated heterocycles. The van der Waals surface area contributed by atoms with Gasteiger partial charge < -0.3 is 19.9 Å². The summed E-state index contributed by atoms with van der Waals surface area (Å²) in [5.74, 6) is 0.361. The van der Waals surface area contributed by atoms with Crippen LogP contribution in [0.4, 0.5) is 0 Å². The number of piperazine rings is 1. The third-order valence-corrected chi connectivity index (χ3v) is 3.57. The molecule has 1 saturated carbocycles. The van der Waals surface area contributed by atoms with E-state index >= 15 is 0 Å². The highest BCUT2D eigenvalue weighted by atomic mass is 127. The number of guanidine groups is 1. The first-order valence-electron chi connectivity index (χ1n) is 7.77. The lowest BCUT2D eigenvalue weighted by Gasteiger charge is -2.36. The molecule has 2 rings (SSSR count). The second-order valence-electron chi connectivity index (χ2n) is 6.73. The Hall–Kier alpha value is -1.06. The maximum Gasteiger partial charge on any atom is 0.325 e. The molecule has 1 N–H and O–H groups in total. The quantitative estimate of drug-likeness (QED) is 0.306. The highest BCUT2D eigenvalue weighted by molar-refractivity contribution is 14.0. The van der Waals surface area contributed by atoms with Crippen molar-refractivity contribution in [1.82, 2.24) is 15.1 Å². The summed E-state index contributed by atoms with van der Waals surface area (Å²) in [7, 11) is 1.65. The maximum atomic E-state index is 12.1. The van der Waals surface area contributed by atoms with E-state index in [0.29, 0.717) is 18.5 Å². The number of ether oxygens (including phenoxy) is 1. The number of carbonyl (C=O) groups is 2. The van der Waals surface area contributed by atoms with Crippen LogP contribution in [0.2, 0.25) is 0 Å². The van der Waals surface area contributed by atoms with Crippen LogP contribution in [-0.4, -0.2) is 72.5 Å². The van der Waals surface area contributed by atoms with E-state index in [1.165, 1.54) is 0 Å². The highest BCUT2D eigenvalue weighted by Crippen LogP contribution is 2.27. The van der Waals surface area contributed by atoms with Crippen LogP contribution in [0.25, 0.3) is 0 Å². The SMILES string of the molecule is CN=C(NCC(=O)OC(C)(C)C)N1CCN(C2CC2)C(=O)C1.I. The fourth-order valence-corrected chi connectivity index (χ4v) is 2.50. The second kappa shape index (κ2) is 8.16. The van der Waals surface area contributed by atoms with Gasteiger partial charge in [-0.15, -0.1) is 24.0 Å². The van der Waals surface area contributed by atoms with Crippen molar-refractivity contribution in [2.45, 2.75) is 45.3 Å². The van der Waals surface area contributed by atoms with E-state index in [0.717, 1.165) is 25.9 Å². The Morgan fingerprint density at radius 3 is 2.48 bits per heavy atom. The summed E-state index contributed by atoms with van der Waals surface area (Å²) in [6, 6.07) is 0.450. The zero-order valence-electron chi connectivity index (χ0n) is 14.3. The van der Waals surface area contributed by atoms with Crippen molar-refractivity contribution >= 4 is 41.8 Å². The number of amides is 1. The third kappa shape index (κ3) is 6.15. The summed E-state index contributed by atoms with van der Waals surface area (Å²) >= 11 is 0. The van der Waals surface area contributed by atoms with E-state index < -0.39 is 5.60 Å². The standard InChI is InChI=1S/C15H26N4O3.HI/c1-15(2,3)22-13(21)9-17-14(16-4)18-7-8-19(11-5-6-11)12(20)10-18;/h11H,5-10H2,1-4H3,(H,16,17);1H. The van der Waals surface area contributed by atoms with Gasteiger partial charge in [-0.25, -0.2) is 0 Å². The number of hydrogen-bond acceptors (Lipinski definition) is 4. The molecule has 0 aromatic rings. The van der Waals surface area contributed by atoms with E-state index in [1.54, 1.807) is 7.05 Å². The molecule has 1 heterocycles. The van der Waals surface area contributed by atoms with E-state index in [4.69, 9.17) is 4.74 Å². The van der Waals surface area contributed by atoms with Gasteiger partial charge in [0.15, 0.2) is 5.96 Å². The zero-order chi connectivity index (χ0) is 16.3. The molecule has 0 aromatic heterocycles. The topological polar surface area (TPSA) is 74.2 Å². The Morgan fingerprint density at radius 1 is 1.35 bits per heavy atom. The minimum Gasteiger partial charge on any atom is -0.459 e. The Balaban J connectivity index is 0.00000264. The molecule has 23 heavy (non-hydrogen) atoms. The lowest BCUT2D eigenvalue weighted by atomic mass is 10.2. The van der Waals surface area contributed by atoms with Crippen molar-refractivity contribution in [3.8, 4) is 0 Å². The summed E-state index contributed by atoms with van der Waals surface area (Å²) in [5, 5.41) is 2.97. The minimum atomic E-state index is -0.506. The van der Waals surface area contributed by atoms with Crippen LogP contribution in [0.1, 0.15) is 33.6 Å². The van der Waals surface area contributed by atoms with E-state index in [9.17, 15) is 9.59 Å². The summed E-state index contributed by atoms with van der Waals surface area (Å²) in [6.07, 6.45) is 2.24. The summed E-state index contributed by atoms with van der Waals surface area (Å²) in [4.78, 5) is 31.9. The molecule has 2 aliphatic rings. The molecule has 8 heteroatoms. The number of carbonyl (C=O) groups excluding carboxylic acids is 2. The molecule has 0 bridgehead atoms. The number of aliphatic imine (C=N–C) groups is 1. The van der Waals surface area contributed by atoms with Crippen molar-refractivity contribution < 1.29 is 14.3 Å². The third-order valence-electron chi connectivity index (χ3n) is 3.57. The predicted octanol–water partition coefficient (Wildman–Crippen LogP) is 0.828. The Morgan fingerprint density at radius 2 is 2.00 bits per heavy atom. The van der Waals surface area contributed by atoms with Crippen molar-refractivity contribution in [3.05, 3.63) is 0 Å². The van der Waals surface area contributed by atoms with E-state index in [-0.39, 0.29) is 42.4 Å². The molecule has 1 aliphatic heterocycles. The molecular weight excluding hydrogens is 411 g/mol. The molecule has 0 spiro atoms. The van der Waals surface area contributed by atoms with Crippen LogP contribution in [0.5, 0.6) is 0 Å². The fourth-order valence-electron chi connectivity index (χ4n) is 2.50. The second-order valence-corrected chi connectivity index (χ2v) is 6.73. The predicted molar refractivity (Wildman–Crippen MR) is 98.9 cm³/mol. The van der Waals surface area contributed by atoms with Gasteiger partial charge in [0.1, 0.15) is 12.1 Å². The summed E-state index contributed by atoms with van der Waals surface area (Å²) in [6.45, 7) is 7.29. The number of rotatable bonds is 3. The molecule has 132 valence electrons. The van der Waals surface area contributed by atoms with Gasteiger partial charge in [0.2, 0.25) is 5.91 Å². The molecule has 0 aromatic carbocycles. The van der Waals surface area contributed by atoms with Gasteiger partial charge in [0.25, 0.3) is 0 Å². The molecule has 2 fully saturated rings. The van der Waals surface area contributed by atoms with Gasteiger partial charge in [0.05, 0.1) is 6.54 Å². The Labute approximate surface area is 154 Å². The monoisotopic (exact) mass is 438 g/mol. The van der Waals surface area contributed by atoms with Gasteiger partial charge in [-0.3, -0.25) is 14.6 Å². The number of halogens is 1. The van der Waals surface area contributed by atoms with Crippen molar-refractivity contribution in [2.24, 2.45) is 4.99 Å². The molecule has 0 atom stereocenters. The Kier molecular flexibility index (Phi) is 7.09. The first-order chi connectivity index (χ1) is 10.3. The maximum absolute atomic E-state index is 12.1. The molecule has 0 unspecified atom stereocenters. The van der Waals surface area contributed by atoms with Crippen LogP contribution >= 0.6 is 24.0 Å². The van der Waals surface area contributed by atoms with Crippen LogP contribution in [0.15, 0.2) is 4.99 Å². The van der Waals surface area contributed by atoms with Gasteiger partial charge >= 0.3 is 5.97 Å². The summed E-state index contributed by atoms with van der Waals surface area (Å²) < 4.78 is 5.25. The van der Waals surface area contributed by atoms with Gasteiger partial charge in [-0.2, -0.15) is 0 Å². The van der Waals surface area contributed by atoms with Crippen LogP contribution in [-0.2, 0) is 14.3 Å². The van der Waals surface area contributed by atoms with Crippen molar-refractivity contribution in [3.63, 3.8) is 0 Å². The van der Waals surface area contributed by atoms with E-state index in [1.807, 2.05) is 30.6 Å². The number of nitrogens with zero attached hydrogens (tertiary/aromatic N) is 3. The normalized spacial score (nSPS) is 19.3. The average molecular weight is 438 g/mol. The molecule has 0 radical (unpaired) electrons. The lowest BCUT2D eigenvalue weighted by Crippen LogP contribution is -2.56. The largest absolute Gasteiger partial charge is 0.459 e. The minimum absolute atomic E-state index is 0. The van der Waals surface area contributed by atoms with E-state index in [2.05, 4.69) is 10.3 Å². The van der Waals surface area contributed by atoms with Crippen LogP contribution in [0, 0.1) is 0 Å². The lowest BCUT2D eigenvalue weighted by molar-refractivity contribution is -0.153. The number of hydrogen-bond donors (Lipinski definition) is 1. The van der Waals surface area contributed by atoms with Crippen molar-refractivity contribution in [2.75, 3.05) is 33.2 Å². The van der Waals surface area contributed by atoms with Gasteiger partial charge in [0, 0.05) is 26.2 Å². The van der Waals surface area contributed by atoms with Crippen LogP contribution in [0.3, 0.4) is 0 Å². The summed E-state index contributed by atoms with van der Waals surface area (Å²) in [5.41, 5.74) is -0.506. The molecule has 1 aliphatic carbocycles. The highest BCUT2D eigenvalue weighted by Gasteiger charge is 2.36. The van der Waals surface area contributed by atoms with Crippen LogP contribution < -0.4 is 5.32 Å².